The fraction of sp³-hybridized carbons (Fsp3) is 0.118. The van der Waals surface area contributed by atoms with Crippen LogP contribution < -0.4 is 4.74 Å². The van der Waals surface area contributed by atoms with Crippen LogP contribution in [0.3, 0.4) is 0 Å². The summed E-state index contributed by atoms with van der Waals surface area (Å²) in [5.74, 6) is 0.893. The molecule has 4 heteroatoms. The van der Waals surface area contributed by atoms with Gasteiger partial charge in [0.25, 0.3) is 0 Å². The second-order valence-electron chi connectivity index (χ2n) is 4.54. The van der Waals surface area contributed by atoms with Gasteiger partial charge in [-0.15, -0.1) is 12.4 Å². The first-order valence-electron chi connectivity index (χ1n) is 6.66. The Kier molecular flexibility index (Phi) is 5.41. The molecule has 0 aliphatic carbocycles. The monoisotopic (exact) mass is 300 g/mol. The van der Waals surface area contributed by atoms with E-state index in [2.05, 4.69) is 29.2 Å². The van der Waals surface area contributed by atoms with Crippen molar-refractivity contribution < 1.29 is 4.74 Å². The summed E-state index contributed by atoms with van der Waals surface area (Å²) in [7, 11) is 0. The van der Waals surface area contributed by atoms with Crippen molar-refractivity contribution in [1.82, 2.24) is 9.55 Å². The van der Waals surface area contributed by atoms with Gasteiger partial charge < -0.3 is 9.30 Å². The number of benzene rings is 2. The zero-order valence-corrected chi connectivity index (χ0v) is 12.4. The summed E-state index contributed by atoms with van der Waals surface area (Å²) < 4.78 is 7.72. The van der Waals surface area contributed by atoms with Crippen molar-refractivity contribution in [2.75, 3.05) is 6.61 Å². The smallest absolute Gasteiger partial charge is 0.119 e. The number of hydrogen-bond acceptors (Lipinski definition) is 2. The van der Waals surface area contributed by atoms with Gasteiger partial charge in [-0.3, -0.25) is 0 Å². The minimum atomic E-state index is 0. The fourth-order valence-corrected chi connectivity index (χ4v) is 2.06. The molecule has 0 N–H and O–H groups in total. The van der Waals surface area contributed by atoms with Gasteiger partial charge in [0.1, 0.15) is 12.4 Å². The maximum absolute atomic E-state index is 5.72. The zero-order valence-electron chi connectivity index (χ0n) is 11.6. The van der Waals surface area contributed by atoms with E-state index in [4.69, 9.17) is 4.74 Å². The molecular weight excluding hydrogens is 284 g/mol. The van der Waals surface area contributed by atoms with Crippen molar-refractivity contribution in [3.63, 3.8) is 0 Å². The Balaban J connectivity index is 0.00000161. The number of imidazole rings is 1. The van der Waals surface area contributed by atoms with Crippen molar-refractivity contribution in [3.8, 4) is 16.9 Å². The van der Waals surface area contributed by atoms with E-state index in [0.717, 1.165) is 12.3 Å². The van der Waals surface area contributed by atoms with Crippen LogP contribution in [0.4, 0.5) is 0 Å². The van der Waals surface area contributed by atoms with Crippen LogP contribution in [0, 0.1) is 0 Å². The van der Waals surface area contributed by atoms with E-state index in [1.807, 2.05) is 41.1 Å². The molecule has 0 amide bonds. The van der Waals surface area contributed by atoms with Crippen molar-refractivity contribution in [2.24, 2.45) is 0 Å². The summed E-state index contributed by atoms with van der Waals surface area (Å²) in [4.78, 5) is 4.00. The quantitative estimate of drug-likeness (QED) is 0.711. The summed E-state index contributed by atoms with van der Waals surface area (Å²) >= 11 is 0. The highest BCUT2D eigenvalue weighted by atomic mass is 35.5. The Labute approximate surface area is 130 Å². The van der Waals surface area contributed by atoms with E-state index in [0.29, 0.717) is 6.61 Å². The highest BCUT2D eigenvalue weighted by Crippen LogP contribution is 2.21. The van der Waals surface area contributed by atoms with E-state index in [9.17, 15) is 0 Å². The first-order chi connectivity index (χ1) is 9.92. The first-order valence-corrected chi connectivity index (χ1v) is 6.66. The molecule has 0 spiro atoms. The molecule has 1 aromatic heterocycles. The number of nitrogens with zero attached hydrogens (tertiary/aromatic N) is 2. The lowest BCUT2D eigenvalue weighted by Gasteiger charge is -2.08. The van der Waals surface area contributed by atoms with Crippen LogP contribution in [0.15, 0.2) is 73.3 Å². The van der Waals surface area contributed by atoms with E-state index in [1.165, 1.54) is 11.1 Å². The van der Waals surface area contributed by atoms with Crippen LogP contribution in [0.25, 0.3) is 11.1 Å². The highest BCUT2D eigenvalue weighted by molar-refractivity contribution is 5.85. The average Bonchev–Trinajstić information content (AvgIpc) is 3.02. The second kappa shape index (κ2) is 7.50. The normalized spacial score (nSPS) is 9.90. The third-order valence-electron chi connectivity index (χ3n) is 3.14. The molecule has 0 aliphatic heterocycles. The fourth-order valence-electron chi connectivity index (χ4n) is 2.06. The summed E-state index contributed by atoms with van der Waals surface area (Å²) in [6.07, 6.45) is 5.50. The average molecular weight is 301 g/mol. The number of hydrogen-bond donors (Lipinski definition) is 0. The first kappa shape index (κ1) is 15.1. The Morgan fingerprint density at radius 3 is 2.29 bits per heavy atom. The van der Waals surface area contributed by atoms with Gasteiger partial charge in [-0.25, -0.2) is 4.98 Å². The molecule has 108 valence electrons. The third kappa shape index (κ3) is 4.10. The van der Waals surface area contributed by atoms with Gasteiger partial charge >= 0.3 is 0 Å². The lowest BCUT2D eigenvalue weighted by molar-refractivity contribution is 0.298. The van der Waals surface area contributed by atoms with Gasteiger partial charge in [0.2, 0.25) is 0 Å². The van der Waals surface area contributed by atoms with E-state index in [1.54, 1.807) is 12.5 Å². The Morgan fingerprint density at radius 2 is 1.62 bits per heavy atom. The minimum Gasteiger partial charge on any atom is -0.492 e. The maximum atomic E-state index is 5.72. The van der Waals surface area contributed by atoms with Gasteiger partial charge in [-0.05, 0) is 23.3 Å². The zero-order chi connectivity index (χ0) is 13.6. The van der Waals surface area contributed by atoms with Crippen LogP contribution in [0.1, 0.15) is 0 Å². The molecule has 3 aromatic rings. The minimum absolute atomic E-state index is 0. The van der Waals surface area contributed by atoms with E-state index in [-0.39, 0.29) is 12.4 Å². The SMILES string of the molecule is Cl.c1ccc(-c2ccc(OCCn3ccnc3)cc2)cc1. The van der Waals surface area contributed by atoms with Crippen LogP contribution in [0.5, 0.6) is 5.75 Å². The standard InChI is InChI=1S/C17H16N2O.ClH/c1-2-4-15(5-3-1)16-6-8-17(9-7-16)20-13-12-19-11-10-18-14-19;/h1-11,14H,12-13H2;1H. The predicted octanol–water partition coefficient (Wildman–Crippen LogP) is 4.05. The molecular formula is C17H17ClN2O. The maximum Gasteiger partial charge on any atom is 0.119 e. The Hall–Kier alpha value is -2.26. The van der Waals surface area contributed by atoms with Gasteiger partial charge in [0.15, 0.2) is 0 Å². The topological polar surface area (TPSA) is 27.1 Å². The van der Waals surface area contributed by atoms with Gasteiger partial charge in [-0.2, -0.15) is 0 Å². The summed E-state index contributed by atoms with van der Waals surface area (Å²) in [6.45, 7) is 1.45. The number of rotatable bonds is 5. The molecule has 1 heterocycles. The molecule has 0 bridgehead atoms. The molecule has 0 saturated carbocycles. The molecule has 0 unspecified atom stereocenters. The highest BCUT2D eigenvalue weighted by Gasteiger charge is 1.98. The summed E-state index contributed by atoms with van der Waals surface area (Å²) in [5.41, 5.74) is 2.42. The van der Waals surface area contributed by atoms with Crippen LogP contribution >= 0.6 is 12.4 Å². The van der Waals surface area contributed by atoms with Crippen molar-refractivity contribution in [3.05, 3.63) is 73.3 Å². The van der Waals surface area contributed by atoms with Crippen molar-refractivity contribution in [1.29, 1.82) is 0 Å². The molecule has 0 saturated heterocycles. The van der Waals surface area contributed by atoms with Crippen molar-refractivity contribution >= 4 is 12.4 Å². The van der Waals surface area contributed by atoms with E-state index < -0.39 is 0 Å². The van der Waals surface area contributed by atoms with Crippen LogP contribution in [-0.4, -0.2) is 16.2 Å². The lowest BCUT2D eigenvalue weighted by atomic mass is 10.1. The molecule has 0 atom stereocenters. The Morgan fingerprint density at radius 1 is 0.905 bits per heavy atom. The molecule has 0 radical (unpaired) electrons. The van der Waals surface area contributed by atoms with E-state index >= 15 is 0 Å². The Bertz CT molecular complexity index is 636. The molecule has 3 rings (SSSR count). The number of halogens is 1. The van der Waals surface area contributed by atoms with Gasteiger partial charge in [0, 0.05) is 12.4 Å². The van der Waals surface area contributed by atoms with Gasteiger partial charge in [-0.1, -0.05) is 42.5 Å². The number of aromatic nitrogens is 2. The molecule has 0 fully saturated rings. The van der Waals surface area contributed by atoms with Crippen molar-refractivity contribution in [2.45, 2.75) is 6.54 Å². The largest absolute Gasteiger partial charge is 0.492 e. The summed E-state index contributed by atoms with van der Waals surface area (Å²) in [5, 5.41) is 0. The summed E-state index contributed by atoms with van der Waals surface area (Å²) in [6, 6.07) is 18.5. The third-order valence-corrected chi connectivity index (χ3v) is 3.14. The van der Waals surface area contributed by atoms with Crippen LogP contribution in [-0.2, 0) is 6.54 Å². The number of ether oxygens (including phenoxy) is 1. The lowest BCUT2D eigenvalue weighted by Crippen LogP contribution is -2.06. The molecule has 2 aromatic carbocycles. The molecule has 3 nitrogen and oxygen atoms in total. The predicted molar refractivity (Wildman–Crippen MR) is 86.8 cm³/mol. The second-order valence-corrected chi connectivity index (χ2v) is 4.54. The van der Waals surface area contributed by atoms with Gasteiger partial charge in [0.05, 0.1) is 12.9 Å². The molecule has 0 aliphatic rings. The molecule has 21 heavy (non-hydrogen) atoms. The van der Waals surface area contributed by atoms with Crippen LogP contribution in [0.2, 0.25) is 0 Å².